The first-order valence-electron chi connectivity index (χ1n) is 6.92. The number of para-hydroxylation sites is 1. The lowest BCUT2D eigenvalue weighted by Gasteiger charge is -2.17. The molecule has 2 aromatic rings. The Labute approximate surface area is 126 Å². The summed E-state index contributed by atoms with van der Waals surface area (Å²) in [7, 11) is 2.12. The highest BCUT2D eigenvalue weighted by molar-refractivity contribution is 6.31. The minimum absolute atomic E-state index is 0.839. The third kappa shape index (κ3) is 4.26. The normalized spacial score (nSPS) is 10.9. The van der Waals surface area contributed by atoms with E-state index in [1.54, 1.807) is 0 Å². The van der Waals surface area contributed by atoms with Crippen LogP contribution in [0.1, 0.15) is 17.5 Å². The Bertz CT molecular complexity index is 554. The van der Waals surface area contributed by atoms with Gasteiger partial charge < -0.3 is 10.6 Å². The molecular formula is C17H21ClN2. The smallest absolute Gasteiger partial charge is 0.0451 e. The van der Waals surface area contributed by atoms with E-state index in [1.807, 2.05) is 36.4 Å². The molecule has 0 atom stereocenters. The lowest BCUT2D eigenvalue weighted by atomic mass is 10.1. The van der Waals surface area contributed by atoms with Crippen LogP contribution >= 0.6 is 11.6 Å². The van der Waals surface area contributed by atoms with Crippen LogP contribution in [0, 0.1) is 0 Å². The van der Waals surface area contributed by atoms with Crippen LogP contribution in [-0.4, -0.2) is 18.5 Å². The molecule has 0 unspecified atom stereocenters. The predicted molar refractivity (Wildman–Crippen MR) is 87.0 cm³/mol. The maximum Gasteiger partial charge on any atom is 0.0451 e. The van der Waals surface area contributed by atoms with Crippen LogP contribution < -0.4 is 5.73 Å². The Balaban J connectivity index is 1.80. The fraction of sp³-hybridized carbons (Fsp3) is 0.294. The minimum atomic E-state index is 0.839. The largest absolute Gasteiger partial charge is 0.399 e. The Kier molecular flexibility index (Phi) is 5.45. The number of halogens is 1. The highest BCUT2D eigenvalue weighted by Crippen LogP contribution is 2.17. The Morgan fingerprint density at radius 1 is 1.00 bits per heavy atom. The summed E-state index contributed by atoms with van der Waals surface area (Å²) in [5.74, 6) is 0. The number of anilines is 1. The van der Waals surface area contributed by atoms with Crippen LogP contribution in [0.3, 0.4) is 0 Å². The van der Waals surface area contributed by atoms with E-state index in [9.17, 15) is 0 Å². The zero-order chi connectivity index (χ0) is 14.4. The maximum atomic E-state index is 6.18. The van der Waals surface area contributed by atoms with Crippen LogP contribution in [0.25, 0.3) is 0 Å². The number of nitrogens with two attached hydrogens (primary N) is 1. The summed E-state index contributed by atoms with van der Waals surface area (Å²) in [4.78, 5) is 2.29. The van der Waals surface area contributed by atoms with Crippen molar-refractivity contribution in [1.82, 2.24) is 4.90 Å². The highest BCUT2D eigenvalue weighted by atomic mass is 35.5. The average Bonchev–Trinajstić information content (AvgIpc) is 2.43. The highest BCUT2D eigenvalue weighted by Gasteiger charge is 2.04. The minimum Gasteiger partial charge on any atom is -0.399 e. The lowest BCUT2D eigenvalue weighted by molar-refractivity contribution is 0.322. The van der Waals surface area contributed by atoms with E-state index in [4.69, 9.17) is 17.3 Å². The topological polar surface area (TPSA) is 29.3 Å². The fourth-order valence-electron chi connectivity index (χ4n) is 2.30. The van der Waals surface area contributed by atoms with Gasteiger partial charge in [0, 0.05) is 17.3 Å². The zero-order valence-electron chi connectivity index (χ0n) is 11.8. The van der Waals surface area contributed by atoms with Crippen molar-refractivity contribution in [3.8, 4) is 0 Å². The van der Waals surface area contributed by atoms with Gasteiger partial charge in [0.2, 0.25) is 0 Å². The molecule has 0 saturated carbocycles. The summed E-state index contributed by atoms with van der Waals surface area (Å²) in [6, 6.07) is 16.1. The average molecular weight is 289 g/mol. The summed E-state index contributed by atoms with van der Waals surface area (Å²) in [6.45, 7) is 1.91. The van der Waals surface area contributed by atoms with E-state index in [1.165, 1.54) is 11.1 Å². The van der Waals surface area contributed by atoms with Crippen molar-refractivity contribution in [3.05, 3.63) is 64.7 Å². The molecule has 106 valence electrons. The van der Waals surface area contributed by atoms with Gasteiger partial charge in [0.15, 0.2) is 0 Å². The monoisotopic (exact) mass is 288 g/mol. The van der Waals surface area contributed by atoms with Crippen LogP contribution in [0.2, 0.25) is 5.02 Å². The summed E-state index contributed by atoms with van der Waals surface area (Å²) < 4.78 is 0. The molecule has 2 N–H and O–H groups in total. The van der Waals surface area contributed by atoms with Crippen molar-refractivity contribution in [1.29, 1.82) is 0 Å². The Morgan fingerprint density at radius 3 is 2.35 bits per heavy atom. The molecule has 2 aromatic carbocycles. The van der Waals surface area contributed by atoms with Crippen molar-refractivity contribution in [2.75, 3.05) is 19.3 Å². The second kappa shape index (κ2) is 7.32. The summed E-state index contributed by atoms with van der Waals surface area (Å²) in [6.07, 6.45) is 2.11. The molecule has 0 heterocycles. The van der Waals surface area contributed by atoms with E-state index in [0.717, 1.165) is 36.6 Å². The Hall–Kier alpha value is -1.51. The maximum absolute atomic E-state index is 6.18. The molecule has 0 bridgehead atoms. The van der Waals surface area contributed by atoms with E-state index in [-0.39, 0.29) is 0 Å². The molecule has 2 nitrogen and oxygen atoms in total. The number of hydrogen-bond donors (Lipinski definition) is 1. The molecule has 2 rings (SSSR count). The first kappa shape index (κ1) is 14.9. The van der Waals surface area contributed by atoms with Crippen molar-refractivity contribution >= 4 is 17.3 Å². The van der Waals surface area contributed by atoms with Gasteiger partial charge in [-0.2, -0.15) is 0 Å². The molecule has 0 aliphatic rings. The summed E-state index contributed by atoms with van der Waals surface area (Å²) in [5.41, 5.74) is 9.25. The molecule has 3 heteroatoms. The van der Waals surface area contributed by atoms with Crippen molar-refractivity contribution in [3.63, 3.8) is 0 Å². The second-order valence-corrected chi connectivity index (χ2v) is 5.54. The quantitative estimate of drug-likeness (QED) is 0.815. The zero-order valence-corrected chi connectivity index (χ0v) is 12.6. The summed E-state index contributed by atoms with van der Waals surface area (Å²) >= 11 is 6.18. The van der Waals surface area contributed by atoms with Crippen molar-refractivity contribution < 1.29 is 0 Å². The summed E-state index contributed by atoms with van der Waals surface area (Å²) in [5, 5.41) is 0.839. The first-order chi connectivity index (χ1) is 9.66. The third-order valence-electron chi connectivity index (χ3n) is 3.44. The van der Waals surface area contributed by atoms with E-state index >= 15 is 0 Å². The van der Waals surface area contributed by atoms with Crippen LogP contribution in [0.15, 0.2) is 48.5 Å². The molecule has 0 fully saturated rings. The standard InChI is InChI=1S/C17H21ClN2/c1-20(13-15-8-2-4-10-16(15)18)12-6-9-14-7-3-5-11-17(14)19/h2-5,7-8,10-11H,6,9,12-13,19H2,1H3. The van der Waals surface area contributed by atoms with Crippen molar-refractivity contribution in [2.24, 2.45) is 0 Å². The van der Waals surface area contributed by atoms with Crippen LogP contribution in [0.4, 0.5) is 5.69 Å². The molecule has 0 amide bonds. The third-order valence-corrected chi connectivity index (χ3v) is 3.81. The van der Waals surface area contributed by atoms with Gasteiger partial charge >= 0.3 is 0 Å². The van der Waals surface area contributed by atoms with Gasteiger partial charge in [0.25, 0.3) is 0 Å². The van der Waals surface area contributed by atoms with Gasteiger partial charge in [-0.15, -0.1) is 0 Å². The fourth-order valence-corrected chi connectivity index (χ4v) is 2.49. The molecule has 0 saturated heterocycles. The number of hydrogen-bond acceptors (Lipinski definition) is 2. The SMILES string of the molecule is CN(CCCc1ccccc1N)Cc1ccccc1Cl. The molecule has 0 spiro atoms. The number of benzene rings is 2. The molecular weight excluding hydrogens is 268 g/mol. The van der Waals surface area contributed by atoms with Gasteiger partial charge in [-0.3, -0.25) is 0 Å². The molecule has 0 aromatic heterocycles. The van der Waals surface area contributed by atoms with Crippen molar-refractivity contribution in [2.45, 2.75) is 19.4 Å². The van der Waals surface area contributed by atoms with Gasteiger partial charge in [0.1, 0.15) is 0 Å². The van der Waals surface area contributed by atoms with Gasteiger partial charge in [-0.1, -0.05) is 48.0 Å². The number of rotatable bonds is 6. The first-order valence-corrected chi connectivity index (χ1v) is 7.30. The number of aryl methyl sites for hydroxylation is 1. The van der Waals surface area contributed by atoms with Crippen LogP contribution in [-0.2, 0) is 13.0 Å². The molecule has 0 aliphatic heterocycles. The second-order valence-electron chi connectivity index (χ2n) is 5.13. The van der Waals surface area contributed by atoms with E-state index < -0.39 is 0 Å². The predicted octanol–water partition coefficient (Wildman–Crippen LogP) is 3.99. The van der Waals surface area contributed by atoms with Gasteiger partial charge in [-0.25, -0.2) is 0 Å². The number of nitrogen functional groups attached to an aromatic ring is 1. The Morgan fingerprint density at radius 2 is 1.65 bits per heavy atom. The van der Waals surface area contributed by atoms with E-state index in [0.29, 0.717) is 0 Å². The molecule has 0 aliphatic carbocycles. The molecule has 20 heavy (non-hydrogen) atoms. The van der Waals surface area contributed by atoms with E-state index in [2.05, 4.69) is 24.1 Å². The van der Waals surface area contributed by atoms with Gasteiger partial charge in [-0.05, 0) is 49.7 Å². The van der Waals surface area contributed by atoms with Crippen LogP contribution in [0.5, 0.6) is 0 Å². The number of nitrogens with zero attached hydrogens (tertiary/aromatic N) is 1. The molecule has 0 radical (unpaired) electrons. The van der Waals surface area contributed by atoms with Gasteiger partial charge in [0.05, 0.1) is 0 Å². The lowest BCUT2D eigenvalue weighted by Crippen LogP contribution is -2.19.